The van der Waals surface area contributed by atoms with Crippen LogP contribution in [0.3, 0.4) is 0 Å². The van der Waals surface area contributed by atoms with Crippen molar-refractivity contribution >= 4 is 17.3 Å². The van der Waals surface area contributed by atoms with Crippen LogP contribution in [-0.4, -0.2) is 5.91 Å². The highest BCUT2D eigenvalue weighted by molar-refractivity contribution is 5.95. The summed E-state index contributed by atoms with van der Waals surface area (Å²) in [5, 5.41) is 3.03. The number of nitrogens with one attached hydrogen (secondary N) is 1. The summed E-state index contributed by atoms with van der Waals surface area (Å²) in [6.07, 6.45) is 3.78. The van der Waals surface area contributed by atoms with Crippen LogP contribution in [-0.2, 0) is 4.79 Å². The summed E-state index contributed by atoms with van der Waals surface area (Å²) in [7, 11) is 0. The third-order valence-electron chi connectivity index (χ3n) is 4.22. The number of nitrogens with two attached hydrogens (primary N) is 1. The number of hydrogen-bond donors (Lipinski definition) is 2. The van der Waals surface area contributed by atoms with E-state index < -0.39 is 0 Å². The van der Waals surface area contributed by atoms with E-state index in [4.69, 9.17) is 5.73 Å². The Morgan fingerprint density at radius 2 is 2.06 bits per heavy atom. The number of amides is 1. The van der Waals surface area contributed by atoms with Gasteiger partial charge in [0.2, 0.25) is 5.91 Å². The first-order valence-corrected chi connectivity index (χ1v) is 6.34. The molecule has 2 atom stereocenters. The number of rotatable bonds is 2. The van der Waals surface area contributed by atoms with Crippen LogP contribution < -0.4 is 11.1 Å². The van der Waals surface area contributed by atoms with Gasteiger partial charge in [0.25, 0.3) is 0 Å². The van der Waals surface area contributed by atoms with Crippen molar-refractivity contribution in [3.8, 4) is 0 Å². The Kier molecular flexibility index (Phi) is 2.35. The fraction of sp³-hybridized carbons (Fsp3) is 0.500. The van der Waals surface area contributed by atoms with Crippen molar-refractivity contribution in [2.24, 2.45) is 17.8 Å². The van der Waals surface area contributed by atoms with Crippen LogP contribution in [0.2, 0.25) is 0 Å². The molecule has 0 spiro atoms. The molecule has 2 saturated carbocycles. The van der Waals surface area contributed by atoms with Crippen molar-refractivity contribution in [1.82, 2.24) is 0 Å². The molecule has 0 aromatic heterocycles. The summed E-state index contributed by atoms with van der Waals surface area (Å²) in [5.74, 6) is 1.82. The Bertz CT molecular complexity index is 459. The van der Waals surface area contributed by atoms with E-state index in [0.717, 1.165) is 16.9 Å². The molecule has 1 aromatic rings. The highest BCUT2D eigenvalue weighted by atomic mass is 16.2. The third kappa shape index (κ3) is 1.79. The van der Waals surface area contributed by atoms with E-state index in [0.29, 0.717) is 11.8 Å². The van der Waals surface area contributed by atoms with Gasteiger partial charge in [-0.2, -0.15) is 0 Å². The van der Waals surface area contributed by atoms with Crippen molar-refractivity contribution in [3.05, 3.63) is 23.8 Å². The highest BCUT2D eigenvalue weighted by Gasteiger charge is 2.56. The number of carbonyl (C=O) groups excluding carboxylic acids is 1. The number of benzene rings is 1. The van der Waals surface area contributed by atoms with Crippen LogP contribution in [0.4, 0.5) is 11.4 Å². The van der Waals surface area contributed by atoms with Crippen LogP contribution in [0.25, 0.3) is 0 Å². The molecule has 2 aliphatic carbocycles. The number of anilines is 2. The Morgan fingerprint density at radius 1 is 1.35 bits per heavy atom. The third-order valence-corrected chi connectivity index (χ3v) is 4.22. The Balaban J connectivity index is 1.69. The van der Waals surface area contributed by atoms with Gasteiger partial charge in [0.1, 0.15) is 0 Å². The molecule has 0 heterocycles. The fourth-order valence-electron chi connectivity index (χ4n) is 3.25. The normalized spacial score (nSPS) is 29.8. The van der Waals surface area contributed by atoms with Crippen LogP contribution in [0, 0.1) is 24.7 Å². The molecule has 90 valence electrons. The molecule has 1 aromatic carbocycles. The fourth-order valence-corrected chi connectivity index (χ4v) is 3.25. The van der Waals surface area contributed by atoms with Crippen molar-refractivity contribution in [3.63, 3.8) is 0 Å². The largest absolute Gasteiger partial charge is 0.399 e. The van der Waals surface area contributed by atoms with Crippen LogP contribution in [0.1, 0.15) is 24.8 Å². The molecule has 0 aliphatic heterocycles. The minimum atomic E-state index is 0.201. The molecule has 2 unspecified atom stereocenters. The number of fused-ring (bicyclic) bond motifs is 1. The number of hydrogen-bond acceptors (Lipinski definition) is 2. The number of aryl methyl sites for hydroxylation is 1. The zero-order valence-corrected chi connectivity index (χ0v) is 10.1. The molecule has 17 heavy (non-hydrogen) atoms. The zero-order valence-electron chi connectivity index (χ0n) is 10.1. The molecule has 0 saturated heterocycles. The average Bonchev–Trinajstić information content (AvgIpc) is 2.77. The second kappa shape index (κ2) is 3.76. The van der Waals surface area contributed by atoms with E-state index in [1.807, 2.05) is 25.1 Å². The van der Waals surface area contributed by atoms with Gasteiger partial charge in [0.05, 0.1) is 0 Å². The van der Waals surface area contributed by atoms with Crippen LogP contribution in [0.15, 0.2) is 18.2 Å². The maximum absolute atomic E-state index is 12.1. The first kappa shape index (κ1) is 10.6. The van der Waals surface area contributed by atoms with Gasteiger partial charge in [0.15, 0.2) is 0 Å². The van der Waals surface area contributed by atoms with E-state index in [-0.39, 0.29) is 11.8 Å². The predicted molar refractivity (Wildman–Crippen MR) is 68.5 cm³/mol. The van der Waals surface area contributed by atoms with Crippen molar-refractivity contribution in [1.29, 1.82) is 0 Å². The quantitative estimate of drug-likeness (QED) is 0.767. The summed E-state index contributed by atoms with van der Waals surface area (Å²) in [6.45, 7) is 1.97. The number of nitrogen functional groups attached to an aromatic ring is 1. The van der Waals surface area contributed by atoms with Gasteiger partial charge in [0, 0.05) is 17.3 Å². The first-order valence-electron chi connectivity index (χ1n) is 6.34. The van der Waals surface area contributed by atoms with E-state index in [1.165, 1.54) is 19.3 Å². The van der Waals surface area contributed by atoms with Gasteiger partial charge in [-0.05, 0) is 55.4 Å². The molecule has 2 aliphatic rings. The molecular weight excluding hydrogens is 212 g/mol. The molecule has 3 nitrogen and oxygen atoms in total. The van der Waals surface area contributed by atoms with Gasteiger partial charge < -0.3 is 11.1 Å². The lowest BCUT2D eigenvalue weighted by Crippen LogP contribution is -2.17. The molecule has 1 amide bonds. The second-order valence-electron chi connectivity index (χ2n) is 5.35. The first-order chi connectivity index (χ1) is 8.16. The standard InChI is InChI=1S/C14H18N2O/c1-8-7-9(15)5-6-12(8)16-14(17)13-10-3-2-4-11(10)13/h5-7,10-11,13H,2-4,15H2,1H3,(H,16,17). The molecular formula is C14H18N2O. The van der Waals surface area contributed by atoms with Gasteiger partial charge in [-0.15, -0.1) is 0 Å². The molecule has 3 rings (SSSR count). The predicted octanol–water partition coefficient (Wildman–Crippen LogP) is 2.56. The lowest BCUT2D eigenvalue weighted by atomic mass is 10.1. The lowest BCUT2D eigenvalue weighted by Gasteiger charge is -2.09. The summed E-state index contributed by atoms with van der Waals surface area (Å²) in [5.41, 5.74) is 8.36. The number of carbonyl (C=O) groups is 1. The summed E-state index contributed by atoms with van der Waals surface area (Å²) < 4.78 is 0. The SMILES string of the molecule is Cc1cc(N)ccc1NC(=O)C1C2CCCC21. The Hall–Kier alpha value is -1.51. The van der Waals surface area contributed by atoms with Gasteiger partial charge in [-0.25, -0.2) is 0 Å². The summed E-state index contributed by atoms with van der Waals surface area (Å²) in [4.78, 5) is 12.1. The maximum Gasteiger partial charge on any atom is 0.228 e. The van der Waals surface area contributed by atoms with Crippen LogP contribution >= 0.6 is 0 Å². The zero-order chi connectivity index (χ0) is 12.0. The highest BCUT2D eigenvalue weighted by Crippen LogP contribution is 2.57. The van der Waals surface area contributed by atoms with Crippen molar-refractivity contribution in [2.45, 2.75) is 26.2 Å². The maximum atomic E-state index is 12.1. The topological polar surface area (TPSA) is 55.1 Å². The molecule has 3 heteroatoms. The summed E-state index contributed by atoms with van der Waals surface area (Å²) >= 11 is 0. The summed E-state index contributed by atoms with van der Waals surface area (Å²) in [6, 6.07) is 5.61. The van der Waals surface area contributed by atoms with E-state index in [2.05, 4.69) is 5.32 Å². The van der Waals surface area contributed by atoms with Crippen molar-refractivity contribution < 1.29 is 4.79 Å². The van der Waals surface area contributed by atoms with E-state index in [9.17, 15) is 4.79 Å². The Labute approximate surface area is 101 Å². The van der Waals surface area contributed by atoms with Crippen LogP contribution in [0.5, 0.6) is 0 Å². The van der Waals surface area contributed by atoms with Gasteiger partial charge in [-0.3, -0.25) is 4.79 Å². The van der Waals surface area contributed by atoms with Gasteiger partial charge in [-0.1, -0.05) is 6.42 Å². The lowest BCUT2D eigenvalue weighted by molar-refractivity contribution is -0.118. The van der Waals surface area contributed by atoms with Crippen molar-refractivity contribution in [2.75, 3.05) is 11.1 Å². The second-order valence-corrected chi connectivity index (χ2v) is 5.35. The van der Waals surface area contributed by atoms with E-state index in [1.54, 1.807) is 0 Å². The molecule has 2 fully saturated rings. The molecule has 0 radical (unpaired) electrons. The minimum absolute atomic E-state index is 0.201. The van der Waals surface area contributed by atoms with Gasteiger partial charge >= 0.3 is 0 Å². The molecule has 0 bridgehead atoms. The minimum Gasteiger partial charge on any atom is -0.399 e. The monoisotopic (exact) mass is 230 g/mol. The van der Waals surface area contributed by atoms with E-state index >= 15 is 0 Å². The Morgan fingerprint density at radius 3 is 2.71 bits per heavy atom. The smallest absolute Gasteiger partial charge is 0.228 e. The molecule has 3 N–H and O–H groups in total. The average molecular weight is 230 g/mol.